The average Bonchev–Trinajstić information content (AvgIpc) is 3.28. The highest BCUT2D eigenvalue weighted by Gasteiger charge is 2.54. The molecule has 208 valence electrons. The second-order valence-corrected chi connectivity index (χ2v) is 12.7. The van der Waals surface area contributed by atoms with Gasteiger partial charge in [-0.15, -0.1) is 23.1 Å². The number of benzene rings is 1. The van der Waals surface area contributed by atoms with E-state index >= 15 is 0 Å². The van der Waals surface area contributed by atoms with Gasteiger partial charge >= 0.3 is 5.97 Å². The van der Waals surface area contributed by atoms with Crippen LogP contribution in [0.3, 0.4) is 0 Å². The first-order valence-electron chi connectivity index (χ1n) is 11.4. The topological polar surface area (TPSA) is 193 Å². The molecule has 3 heterocycles. The van der Waals surface area contributed by atoms with Crippen molar-refractivity contribution in [3.8, 4) is 0 Å². The third kappa shape index (κ3) is 5.86. The molecule has 2 aliphatic heterocycles. The zero-order valence-electron chi connectivity index (χ0n) is 21.3. The van der Waals surface area contributed by atoms with Gasteiger partial charge in [0.25, 0.3) is 11.8 Å². The van der Waals surface area contributed by atoms with Crippen molar-refractivity contribution in [3.63, 3.8) is 0 Å². The van der Waals surface area contributed by atoms with E-state index in [-0.39, 0.29) is 34.4 Å². The number of aryl methyl sites for hydroxylation is 1. The first kappa shape index (κ1) is 28.4. The predicted molar refractivity (Wildman–Crippen MR) is 148 cm³/mol. The van der Waals surface area contributed by atoms with E-state index in [1.807, 2.05) is 13.8 Å². The van der Waals surface area contributed by atoms with Crippen LogP contribution in [0, 0.1) is 13.8 Å². The van der Waals surface area contributed by atoms with Crippen molar-refractivity contribution in [2.24, 2.45) is 5.16 Å². The van der Waals surface area contributed by atoms with Gasteiger partial charge in [-0.3, -0.25) is 19.2 Å². The second-order valence-electron chi connectivity index (χ2n) is 8.94. The van der Waals surface area contributed by atoms with Gasteiger partial charge in [-0.2, -0.15) is 0 Å². The van der Waals surface area contributed by atoms with Crippen molar-refractivity contribution in [3.05, 3.63) is 51.2 Å². The molecule has 1 aromatic heterocycles. The molecule has 4 rings (SSSR count). The molecule has 39 heavy (non-hydrogen) atoms. The Hall–Kier alpha value is -3.63. The van der Waals surface area contributed by atoms with Gasteiger partial charge in [0.1, 0.15) is 29.9 Å². The van der Waals surface area contributed by atoms with Crippen LogP contribution in [0.25, 0.3) is 0 Å². The molecule has 0 aliphatic carbocycles. The minimum Gasteiger partial charge on any atom is -0.477 e. The molecule has 2 atom stereocenters. The van der Waals surface area contributed by atoms with Gasteiger partial charge in [0.2, 0.25) is 10.0 Å². The average molecular weight is 595 g/mol. The van der Waals surface area contributed by atoms with E-state index in [9.17, 15) is 27.9 Å². The minimum atomic E-state index is -3.51. The van der Waals surface area contributed by atoms with Crippen LogP contribution in [-0.4, -0.2) is 77.4 Å². The van der Waals surface area contributed by atoms with Crippen LogP contribution in [0.1, 0.15) is 22.4 Å². The summed E-state index contributed by atoms with van der Waals surface area (Å²) in [5.74, 6) is -2.28. The number of thioether (sulfide) groups is 1. The molecule has 1 aromatic carbocycles. The largest absolute Gasteiger partial charge is 0.477 e. The highest BCUT2D eigenvalue weighted by atomic mass is 32.2. The Bertz CT molecular complexity index is 1530. The molecule has 2 aromatic rings. The van der Waals surface area contributed by atoms with Gasteiger partial charge in [0, 0.05) is 16.8 Å². The maximum absolute atomic E-state index is 13.1. The molecule has 16 heteroatoms. The molecule has 0 saturated carbocycles. The van der Waals surface area contributed by atoms with Gasteiger partial charge in [-0.25, -0.2) is 18.2 Å². The summed E-state index contributed by atoms with van der Waals surface area (Å²) < 4.78 is 25.9. The van der Waals surface area contributed by atoms with E-state index < -0.39 is 39.2 Å². The lowest BCUT2D eigenvalue weighted by molar-refractivity contribution is -0.150. The molecule has 1 saturated heterocycles. The van der Waals surface area contributed by atoms with Crippen molar-refractivity contribution in [1.82, 2.24) is 15.2 Å². The van der Waals surface area contributed by atoms with Gasteiger partial charge in [0.05, 0.1) is 6.26 Å². The van der Waals surface area contributed by atoms with Gasteiger partial charge in [-0.05, 0) is 54.7 Å². The normalized spacial score (nSPS) is 19.3. The van der Waals surface area contributed by atoms with Gasteiger partial charge in [0.15, 0.2) is 10.8 Å². The maximum Gasteiger partial charge on any atom is 0.352 e. The monoisotopic (exact) mass is 594 g/mol. The third-order valence-corrected chi connectivity index (χ3v) is 8.80. The van der Waals surface area contributed by atoms with Crippen molar-refractivity contribution in [2.75, 3.05) is 29.6 Å². The van der Waals surface area contributed by atoms with E-state index in [4.69, 9.17) is 10.6 Å². The number of nitrogens with zero attached hydrogens (tertiary/aromatic N) is 3. The van der Waals surface area contributed by atoms with Gasteiger partial charge in [-0.1, -0.05) is 5.16 Å². The Kier molecular flexibility index (Phi) is 7.90. The summed E-state index contributed by atoms with van der Waals surface area (Å²) in [4.78, 5) is 48.3. The number of aromatic nitrogens is 1. The summed E-state index contributed by atoms with van der Waals surface area (Å²) in [6.07, 6.45) is 1.25. The molecule has 0 bridgehead atoms. The number of amides is 2. The van der Waals surface area contributed by atoms with E-state index in [1.54, 1.807) is 12.1 Å². The number of nitrogen functional groups attached to an aromatic ring is 1. The number of carbonyl (C=O) groups is 3. The SMILES string of the molecule is CO/N=C(\C(=O)N[C@@H]1C(=O)N2C(C(=O)O)=C(Cc3cc(NS(C)(=O)=O)cc(C)c3C)CS[C@H]12)c1csc(N)n1. The van der Waals surface area contributed by atoms with Crippen LogP contribution in [0.15, 0.2) is 33.9 Å². The van der Waals surface area contributed by atoms with Gasteiger partial charge < -0.3 is 21.0 Å². The number of β-lactam (4-membered cyclic amide) rings is 1. The van der Waals surface area contributed by atoms with E-state index in [2.05, 4.69) is 20.2 Å². The molecule has 2 aliphatic rings. The summed E-state index contributed by atoms with van der Waals surface area (Å²) >= 11 is 2.43. The molecule has 2 amide bonds. The zero-order valence-corrected chi connectivity index (χ0v) is 23.8. The second kappa shape index (κ2) is 10.9. The third-order valence-electron chi connectivity index (χ3n) is 6.18. The standard InChI is InChI=1S/C23H26N6O7S3/c1-10-5-14(28-39(4,34)35)7-12(11(10)2)6-13-8-37-21-17(20(31)29(21)18(13)22(32)33)26-19(30)16(27-36-3)15-9-38-23(24)25-15/h5,7,9,17,21,28H,6,8H2,1-4H3,(H2,24,25)(H,26,30)(H,32,33)/b27-16-/t17-,21-/m1/s1. The molecule has 1 fully saturated rings. The number of carboxylic acids is 1. The number of carboxylic acid groups (broad SMARTS) is 1. The van der Waals surface area contributed by atoms with Crippen LogP contribution in [-0.2, 0) is 35.7 Å². The molecule has 0 radical (unpaired) electrons. The Morgan fingerprint density at radius 2 is 2.05 bits per heavy atom. The zero-order chi connectivity index (χ0) is 28.6. The molecule has 5 N–H and O–H groups in total. The first-order chi connectivity index (χ1) is 18.3. The number of nitrogens with two attached hydrogens (primary N) is 1. The summed E-state index contributed by atoms with van der Waals surface area (Å²) in [5.41, 5.74) is 8.83. The Morgan fingerprint density at radius 1 is 1.33 bits per heavy atom. The van der Waals surface area contributed by atoms with Crippen LogP contribution in [0.4, 0.5) is 10.8 Å². The fourth-order valence-electron chi connectivity index (χ4n) is 4.34. The van der Waals surface area contributed by atoms with Crippen LogP contribution in [0.5, 0.6) is 0 Å². The lowest BCUT2D eigenvalue weighted by atomic mass is 9.94. The molecule has 0 unspecified atom stereocenters. The van der Waals surface area contributed by atoms with Crippen LogP contribution >= 0.6 is 23.1 Å². The quantitative estimate of drug-likeness (QED) is 0.185. The van der Waals surface area contributed by atoms with Crippen molar-refractivity contribution in [1.29, 1.82) is 0 Å². The number of rotatable bonds is 9. The maximum atomic E-state index is 13.1. The number of nitrogens with one attached hydrogen (secondary N) is 2. The number of oxime groups is 1. The van der Waals surface area contributed by atoms with Crippen LogP contribution < -0.4 is 15.8 Å². The Labute approximate surface area is 232 Å². The van der Waals surface area contributed by atoms with Crippen molar-refractivity contribution >= 4 is 67.4 Å². The summed E-state index contributed by atoms with van der Waals surface area (Å²) in [5, 5.41) is 17.5. The summed E-state index contributed by atoms with van der Waals surface area (Å²) in [7, 11) is -2.25. The summed E-state index contributed by atoms with van der Waals surface area (Å²) in [6, 6.07) is 2.38. The molecular weight excluding hydrogens is 568 g/mol. The van der Waals surface area contributed by atoms with E-state index in [1.165, 1.54) is 29.2 Å². The minimum absolute atomic E-state index is 0.147. The number of aliphatic carboxylic acids is 1. The fraction of sp³-hybridized carbons (Fsp3) is 0.348. The molecule has 13 nitrogen and oxygen atoms in total. The highest BCUT2D eigenvalue weighted by Crippen LogP contribution is 2.41. The number of anilines is 2. The van der Waals surface area contributed by atoms with E-state index in [0.717, 1.165) is 34.3 Å². The Balaban J connectivity index is 1.58. The Morgan fingerprint density at radius 3 is 2.64 bits per heavy atom. The van der Waals surface area contributed by atoms with Crippen LogP contribution in [0.2, 0.25) is 0 Å². The molecule has 0 spiro atoms. The molecular formula is C23H26N6O7S3. The number of sulfonamides is 1. The van der Waals surface area contributed by atoms with Crippen molar-refractivity contribution in [2.45, 2.75) is 31.7 Å². The fourth-order valence-corrected chi connectivity index (χ4v) is 6.78. The van der Waals surface area contributed by atoms with Crippen molar-refractivity contribution < 1.29 is 32.7 Å². The lowest BCUT2D eigenvalue weighted by Gasteiger charge is -2.49. The summed E-state index contributed by atoms with van der Waals surface area (Å²) in [6.45, 7) is 3.70. The number of fused-ring (bicyclic) bond motifs is 1. The van der Waals surface area contributed by atoms with E-state index in [0.29, 0.717) is 11.3 Å². The number of thiazole rings is 1. The number of hydrogen-bond donors (Lipinski definition) is 4. The predicted octanol–water partition coefficient (Wildman–Crippen LogP) is 1.05. The number of carbonyl (C=O) groups excluding carboxylic acids is 2. The number of hydrogen-bond acceptors (Lipinski definition) is 11. The highest BCUT2D eigenvalue weighted by molar-refractivity contribution is 8.00. The first-order valence-corrected chi connectivity index (χ1v) is 15.2. The lowest BCUT2D eigenvalue weighted by Crippen LogP contribution is -2.71. The smallest absolute Gasteiger partial charge is 0.352 e.